The highest BCUT2D eigenvalue weighted by Crippen LogP contribution is 2.44. The molecule has 2 aromatic rings. The van der Waals surface area contributed by atoms with Gasteiger partial charge in [0, 0.05) is 24.6 Å². The number of fused-ring (bicyclic) bond motifs is 3. The van der Waals surface area contributed by atoms with Gasteiger partial charge in [0.2, 0.25) is 5.91 Å². The molecule has 2 aromatic carbocycles. The van der Waals surface area contributed by atoms with Crippen LogP contribution in [-0.2, 0) is 24.2 Å². The van der Waals surface area contributed by atoms with Gasteiger partial charge in [-0.2, -0.15) is 0 Å². The summed E-state index contributed by atoms with van der Waals surface area (Å²) in [6.07, 6.45) is -0.339. The van der Waals surface area contributed by atoms with Crippen LogP contribution in [0.3, 0.4) is 0 Å². The monoisotopic (exact) mass is 488 g/mol. The molecule has 0 aliphatic heterocycles. The Morgan fingerprint density at radius 3 is 2.09 bits per heavy atom. The molecule has 0 aromatic heterocycles. The first kappa shape index (κ1) is 25.2. The quantitative estimate of drug-likeness (QED) is 0.466. The Morgan fingerprint density at radius 2 is 1.56 bits per heavy atom. The van der Waals surface area contributed by atoms with Crippen molar-refractivity contribution in [1.82, 2.24) is 10.6 Å². The second kappa shape index (κ2) is 10.7. The predicted octanol–water partition coefficient (Wildman–Crippen LogP) is 2.31. The van der Waals surface area contributed by atoms with Crippen molar-refractivity contribution in [2.75, 3.05) is 18.6 Å². The summed E-state index contributed by atoms with van der Waals surface area (Å²) in [5.74, 6) is -2.25. The van der Waals surface area contributed by atoms with E-state index in [0.717, 1.165) is 28.5 Å². The molecule has 10 heteroatoms. The average Bonchev–Trinajstić information content (AvgIpc) is 3.07. The summed E-state index contributed by atoms with van der Waals surface area (Å²) in [5, 5.41) is 13.9. The minimum Gasteiger partial charge on any atom is -0.481 e. The second-order valence-electron chi connectivity index (χ2n) is 8.46. The number of ether oxygens (including phenoxy) is 1. The summed E-state index contributed by atoms with van der Waals surface area (Å²) in [5.41, 5.74) is 4.22. The molecule has 0 heterocycles. The number of alkyl carbamates (subject to hydrolysis) is 1. The number of hydrogen-bond acceptors (Lipinski definition) is 6. The Balaban J connectivity index is 1.65. The number of sulfone groups is 1. The summed E-state index contributed by atoms with van der Waals surface area (Å²) in [4.78, 5) is 36.1. The van der Waals surface area contributed by atoms with Gasteiger partial charge in [-0.15, -0.1) is 0 Å². The lowest BCUT2D eigenvalue weighted by Crippen LogP contribution is -2.50. The molecule has 0 radical (unpaired) electrons. The first-order valence-electron chi connectivity index (χ1n) is 10.9. The maximum absolute atomic E-state index is 12.6. The van der Waals surface area contributed by atoms with Crippen molar-refractivity contribution >= 4 is 27.8 Å². The van der Waals surface area contributed by atoms with Crippen molar-refractivity contribution in [3.63, 3.8) is 0 Å². The molecule has 34 heavy (non-hydrogen) atoms. The highest BCUT2D eigenvalue weighted by molar-refractivity contribution is 7.90. The largest absolute Gasteiger partial charge is 0.481 e. The molecule has 2 amide bonds. The van der Waals surface area contributed by atoms with Crippen LogP contribution in [0.2, 0.25) is 0 Å². The summed E-state index contributed by atoms with van der Waals surface area (Å²) < 4.78 is 28.3. The lowest BCUT2D eigenvalue weighted by atomic mass is 9.98. The number of carbonyl (C=O) groups is 3. The van der Waals surface area contributed by atoms with E-state index in [4.69, 9.17) is 9.84 Å². The van der Waals surface area contributed by atoms with Crippen LogP contribution < -0.4 is 10.6 Å². The number of amides is 2. The Kier molecular flexibility index (Phi) is 7.93. The second-order valence-corrected chi connectivity index (χ2v) is 10.6. The Bertz CT molecular complexity index is 1130. The Hall–Kier alpha value is -3.40. The molecule has 2 unspecified atom stereocenters. The molecule has 0 bridgehead atoms. The van der Waals surface area contributed by atoms with E-state index in [-0.39, 0.29) is 31.1 Å². The highest BCUT2D eigenvalue weighted by Gasteiger charge is 2.30. The molecule has 0 fully saturated rings. The molecule has 0 spiro atoms. The first-order valence-corrected chi connectivity index (χ1v) is 12.9. The SMILES string of the molecule is CC(CS(C)(=O)=O)NC(=O)C(CCC(=O)O)NC(=O)OCC1c2ccccc2-c2ccccc21. The van der Waals surface area contributed by atoms with E-state index in [1.165, 1.54) is 6.92 Å². The zero-order chi connectivity index (χ0) is 24.9. The van der Waals surface area contributed by atoms with Crippen molar-refractivity contribution in [2.24, 2.45) is 0 Å². The molecule has 3 rings (SSSR count). The van der Waals surface area contributed by atoms with Gasteiger partial charge >= 0.3 is 12.1 Å². The fraction of sp³-hybridized carbons (Fsp3) is 0.375. The summed E-state index contributed by atoms with van der Waals surface area (Å²) in [6.45, 7) is 1.55. The molecule has 3 N–H and O–H groups in total. The maximum atomic E-state index is 12.6. The van der Waals surface area contributed by atoms with E-state index < -0.39 is 39.9 Å². The van der Waals surface area contributed by atoms with Crippen molar-refractivity contribution in [3.8, 4) is 11.1 Å². The van der Waals surface area contributed by atoms with Gasteiger partial charge in [0.15, 0.2) is 0 Å². The average molecular weight is 489 g/mol. The van der Waals surface area contributed by atoms with Crippen molar-refractivity contribution in [2.45, 2.75) is 37.8 Å². The molecule has 1 aliphatic rings. The van der Waals surface area contributed by atoms with Gasteiger partial charge < -0.3 is 20.5 Å². The van der Waals surface area contributed by atoms with Crippen molar-refractivity contribution in [1.29, 1.82) is 0 Å². The van der Waals surface area contributed by atoms with Crippen LogP contribution in [0.15, 0.2) is 48.5 Å². The molecule has 182 valence electrons. The lowest BCUT2D eigenvalue weighted by Gasteiger charge is -2.21. The van der Waals surface area contributed by atoms with Crippen molar-refractivity contribution < 1.29 is 32.6 Å². The standard InChI is InChI=1S/C24H28N2O7S/c1-15(14-34(2,31)32)25-23(29)21(11-12-22(27)28)26-24(30)33-13-20-18-9-5-3-7-16(18)17-8-4-6-10-19(17)20/h3-10,15,20-21H,11-14H2,1-2H3,(H,25,29)(H,26,30)(H,27,28). The number of nitrogens with one attached hydrogen (secondary N) is 2. The van der Waals surface area contributed by atoms with E-state index >= 15 is 0 Å². The van der Waals surface area contributed by atoms with Crippen LogP contribution in [0, 0.1) is 0 Å². The van der Waals surface area contributed by atoms with E-state index in [0.29, 0.717) is 0 Å². The number of benzene rings is 2. The van der Waals surface area contributed by atoms with E-state index in [9.17, 15) is 22.8 Å². The zero-order valence-electron chi connectivity index (χ0n) is 19.0. The van der Waals surface area contributed by atoms with Crippen LogP contribution in [0.1, 0.15) is 36.8 Å². The third-order valence-electron chi connectivity index (χ3n) is 5.54. The molecule has 9 nitrogen and oxygen atoms in total. The fourth-order valence-corrected chi connectivity index (χ4v) is 5.15. The van der Waals surface area contributed by atoms with E-state index in [2.05, 4.69) is 10.6 Å². The lowest BCUT2D eigenvalue weighted by molar-refractivity contribution is -0.137. The molecular formula is C24H28N2O7S. The van der Waals surface area contributed by atoms with Gasteiger partial charge in [0.1, 0.15) is 22.5 Å². The van der Waals surface area contributed by atoms with Gasteiger partial charge in [-0.3, -0.25) is 9.59 Å². The van der Waals surface area contributed by atoms with Gasteiger partial charge in [-0.05, 0) is 35.6 Å². The summed E-state index contributed by atoms with van der Waals surface area (Å²) >= 11 is 0. The van der Waals surface area contributed by atoms with Crippen LogP contribution in [0.4, 0.5) is 4.79 Å². The Morgan fingerprint density at radius 1 is 1.00 bits per heavy atom. The van der Waals surface area contributed by atoms with Crippen LogP contribution in [0.5, 0.6) is 0 Å². The highest BCUT2D eigenvalue weighted by atomic mass is 32.2. The number of carbonyl (C=O) groups excluding carboxylic acids is 2. The molecule has 1 aliphatic carbocycles. The van der Waals surface area contributed by atoms with E-state index in [1.807, 2.05) is 48.5 Å². The Labute approximate surface area is 198 Å². The zero-order valence-corrected chi connectivity index (χ0v) is 19.8. The maximum Gasteiger partial charge on any atom is 0.407 e. The minimum absolute atomic E-state index is 0.0393. The number of carboxylic acids is 1. The van der Waals surface area contributed by atoms with Crippen LogP contribution >= 0.6 is 0 Å². The molecular weight excluding hydrogens is 460 g/mol. The van der Waals surface area contributed by atoms with Crippen LogP contribution in [0.25, 0.3) is 11.1 Å². The third kappa shape index (κ3) is 6.57. The predicted molar refractivity (Wildman–Crippen MR) is 126 cm³/mol. The number of carboxylic acid groups (broad SMARTS) is 1. The molecule has 2 atom stereocenters. The third-order valence-corrected chi connectivity index (χ3v) is 6.65. The van der Waals surface area contributed by atoms with Gasteiger partial charge in [-0.1, -0.05) is 48.5 Å². The first-order chi connectivity index (χ1) is 16.0. The topological polar surface area (TPSA) is 139 Å². The van der Waals surface area contributed by atoms with E-state index in [1.54, 1.807) is 0 Å². The minimum atomic E-state index is -3.33. The summed E-state index contributed by atoms with van der Waals surface area (Å²) in [7, 11) is -3.33. The number of aliphatic carboxylic acids is 1. The van der Waals surface area contributed by atoms with Crippen LogP contribution in [-0.4, -0.2) is 62.2 Å². The fourth-order valence-electron chi connectivity index (χ4n) is 4.16. The molecule has 0 saturated carbocycles. The normalized spacial score (nSPS) is 14.4. The van der Waals surface area contributed by atoms with Gasteiger partial charge in [0.05, 0.1) is 5.75 Å². The van der Waals surface area contributed by atoms with Gasteiger partial charge in [0.25, 0.3) is 0 Å². The number of hydrogen-bond donors (Lipinski definition) is 3. The van der Waals surface area contributed by atoms with Gasteiger partial charge in [-0.25, -0.2) is 13.2 Å². The number of rotatable bonds is 10. The smallest absolute Gasteiger partial charge is 0.407 e. The summed E-state index contributed by atoms with van der Waals surface area (Å²) in [6, 6.07) is 13.8. The molecule has 0 saturated heterocycles. The van der Waals surface area contributed by atoms with Crippen molar-refractivity contribution in [3.05, 3.63) is 59.7 Å².